The van der Waals surface area contributed by atoms with Gasteiger partial charge in [-0.05, 0) is 44.9 Å². The van der Waals surface area contributed by atoms with Crippen molar-refractivity contribution in [1.29, 1.82) is 0 Å². The monoisotopic (exact) mass is 347 g/mol. The molecule has 5 nitrogen and oxygen atoms in total. The molecule has 0 radical (unpaired) electrons. The van der Waals surface area contributed by atoms with Crippen LogP contribution >= 0.6 is 0 Å². The van der Waals surface area contributed by atoms with Crippen molar-refractivity contribution >= 4 is 11.8 Å². The van der Waals surface area contributed by atoms with Crippen molar-refractivity contribution < 1.29 is 0 Å². The van der Waals surface area contributed by atoms with Crippen molar-refractivity contribution in [2.24, 2.45) is 0 Å². The van der Waals surface area contributed by atoms with Crippen LogP contribution < -0.4 is 10.6 Å². The summed E-state index contributed by atoms with van der Waals surface area (Å²) in [5.41, 5.74) is 3.00. The number of hydrogen-bond donors (Lipinski definition) is 2. The summed E-state index contributed by atoms with van der Waals surface area (Å²) < 4.78 is 0. The van der Waals surface area contributed by atoms with Gasteiger partial charge in [0.15, 0.2) is 0 Å². The zero-order valence-corrected chi connectivity index (χ0v) is 15.5. The number of benzene rings is 1. The first-order valence-electron chi connectivity index (χ1n) is 8.85. The van der Waals surface area contributed by atoms with Crippen LogP contribution in [0.2, 0.25) is 0 Å². The van der Waals surface area contributed by atoms with Gasteiger partial charge < -0.3 is 10.6 Å². The van der Waals surface area contributed by atoms with Crippen LogP contribution in [0.5, 0.6) is 0 Å². The van der Waals surface area contributed by atoms with Crippen molar-refractivity contribution in [2.75, 3.05) is 17.2 Å². The topological polar surface area (TPSA) is 62.7 Å². The molecular weight excluding hydrogens is 322 g/mol. The number of hydrogen-bond acceptors (Lipinski definition) is 5. The molecule has 5 heteroatoms. The van der Waals surface area contributed by atoms with Crippen LogP contribution in [0.1, 0.15) is 26.3 Å². The number of pyridine rings is 1. The van der Waals surface area contributed by atoms with Crippen LogP contribution in [-0.2, 0) is 6.42 Å². The highest BCUT2D eigenvalue weighted by atomic mass is 15.2. The molecule has 3 rings (SSSR count). The van der Waals surface area contributed by atoms with Gasteiger partial charge in [0.1, 0.15) is 5.82 Å². The predicted octanol–water partition coefficient (Wildman–Crippen LogP) is 4.40. The second-order valence-electron chi connectivity index (χ2n) is 7.24. The van der Waals surface area contributed by atoms with Crippen molar-refractivity contribution in [3.63, 3.8) is 0 Å². The van der Waals surface area contributed by atoms with Gasteiger partial charge >= 0.3 is 0 Å². The SMILES string of the molecule is CC(C)(C)Nc1nc(NCCc2ccccc2)cc(-c2cccnc2)n1. The molecule has 0 fully saturated rings. The van der Waals surface area contributed by atoms with Gasteiger partial charge in [-0.15, -0.1) is 0 Å². The molecule has 134 valence electrons. The lowest BCUT2D eigenvalue weighted by atomic mass is 10.1. The Balaban J connectivity index is 1.80. The van der Waals surface area contributed by atoms with Gasteiger partial charge in [0, 0.05) is 36.1 Å². The van der Waals surface area contributed by atoms with E-state index in [4.69, 9.17) is 0 Å². The Hall–Kier alpha value is -2.95. The molecule has 26 heavy (non-hydrogen) atoms. The van der Waals surface area contributed by atoms with E-state index < -0.39 is 0 Å². The van der Waals surface area contributed by atoms with Crippen molar-refractivity contribution in [2.45, 2.75) is 32.7 Å². The van der Waals surface area contributed by atoms with Crippen molar-refractivity contribution in [3.8, 4) is 11.3 Å². The summed E-state index contributed by atoms with van der Waals surface area (Å²) in [6.07, 6.45) is 4.52. The first-order valence-corrected chi connectivity index (χ1v) is 8.85. The number of rotatable bonds is 6. The molecule has 0 bridgehead atoms. The molecule has 0 aliphatic rings. The second-order valence-corrected chi connectivity index (χ2v) is 7.24. The van der Waals surface area contributed by atoms with Gasteiger partial charge in [0.05, 0.1) is 5.69 Å². The maximum Gasteiger partial charge on any atom is 0.225 e. The molecule has 0 spiro atoms. The average Bonchev–Trinajstić information content (AvgIpc) is 2.62. The van der Waals surface area contributed by atoms with E-state index in [1.54, 1.807) is 6.20 Å². The second kappa shape index (κ2) is 7.95. The Morgan fingerprint density at radius 1 is 0.962 bits per heavy atom. The Morgan fingerprint density at radius 3 is 2.46 bits per heavy atom. The van der Waals surface area contributed by atoms with Crippen LogP contribution in [0.25, 0.3) is 11.3 Å². The fourth-order valence-corrected chi connectivity index (χ4v) is 2.57. The first kappa shape index (κ1) is 17.9. The third kappa shape index (κ3) is 5.28. The number of nitrogens with one attached hydrogen (secondary N) is 2. The highest BCUT2D eigenvalue weighted by Gasteiger charge is 2.13. The van der Waals surface area contributed by atoms with Crippen molar-refractivity contribution in [3.05, 3.63) is 66.5 Å². The molecule has 0 saturated carbocycles. The van der Waals surface area contributed by atoms with Crippen LogP contribution in [0.3, 0.4) is 0 Å². The lowest BCUT2D eigenvalue weighted by Gasteiger charge is -2.21. The fraction of sp³-hybridized carbons (Fsp3) is 0.286. The molecule has 0 saturated heterocycles. The van der Waals surface area contributed by atoms with E-state index in [9.17, 15) is 0 Å². The summed E-state index contributed by atoms with van der Waals surface area (Å²) in [5.74, 6) is 1.42. The quantitative estimate of drug-likeness (QED) is 0.692. The molecule has 0 atom stereocenters. The summed E-state index contributed by atoms with van der Waals surface area (Å²) in [6.45, 7) is 7.09. The molecule has 2 heterocycles. The molecule has 0 aliphatic heterocycles. The molecule has 1 aromatic carbocycles. The third-order valence-electron chi connectivity index (χ3n) is 3.73. The van der Waals surface area contributed by atoms with E-state index in [-0.39, 0.29) is 5.54 Å². The molecule has 2 N–H and O–H groups in total. The molecule has 0 aliphatic carbocycles. The molecule has 2 aromatic heterocycles. The van der Waals surface area contributed by atoms with E-state index >= 15 is 0 Å². The van der Waals surface area contributed by atoms with Crippen LogP contribution in [0, 0.1) is 0 Å². The maximum atomic E-state index is 4.65. The van der Waals surface area contributed by atoms with Crippen LogP contribution in [0.4, 0.5) is 11.8 Å². The smallest absolute Gasteiger partial charge is 0.225 e. The minimum Gasteiger partial charge on any atom is -0.370 e. The van der Waals surface area contributed by atoms with E-state index in [1.807, 2.05) is 30.5 Å². The Kier molecular flexibility index (Phi) is 5.46. The van der Waals surface area contributed by atoms with Gasteiger partial charge in [-0.2, -0.15) is 4.98 Å². The van der Waals surface area contributed by atoms with E-state index in [0.717, 1.165) is 30.0 Å². The van der Waals surface area contributed by atoms with Crippen LogP contribution in [-0.4, -0.2) is 27.0 Å². The van der Waals surface area contributed by atoms with Crippen molar-refractivity contribution in [1.82, 2.24) is 15.0 Å². The highest BCUT2D eigenvalue weighted by molar-refractivity contribution is 5.63. The normalized spacial score (nSPS) is 11.2. The van der Waals surface area contributed by atoms with Gasteiger partial charge in [0.25, 0.3) is 0 Å². The Bertz CT molecular complexity index is 826. The number of aromatic nitrogens is 3. The largest absolute Gasteiger partial charge is 0.370 e. The van der Waals surface area contributed by atoms with Crippen LogP contribution in [0.15, 0.2) is 60.9 Å². The predicted molar refractivity (Wildman–Crippen MR) is 107 cm³/mol. The fourth-order valence-electron chi connectivity index (χ4n) is 2.57. The zero-order valence-electron chi connectivity index (χ0n) is 15.5. The summed E-state index contributed by atoms with van der Waals surface area (Å²) in [5, 5.41) is 6.78. The van der Waals surface area contributed by atoms with E-state index in [2.05, 4.69) is 70.6 Å². The summed E-state index contributed by atoms with van der Waals surface area (Å²) in [6, 6.07) is 16.3. The highest BCUT2D eigenvalue weighted by Crippen LogP contribution is 2.22. The summed E-state index contributed by atoms with van der Waals surface area (Å²) in [4.78, 5) is 13.5. The number of nitrogens with zero attached hydrogens (tertiary/aromatic N) is 3. The third-order valence-corrected chi connectivity index (χ3v) is 3.73. The lowest BCUT2D eigenvalue weighted by molar-refractivity contribution is 0.626. The first-order chi connectivity index (χ1) is 12.5. The molecular formula is C21H25N5. The molecule has 0 unspecified atom stereocenters. The minimum absolute atomic E-state index is 0.116. The van der Waals surface area contributed by atoms with E-state index in [1.165, 1.54) is 5.56 Å². The lowest BCUT2D eigenvalue weighted by Crippen LogP contribution is -2.27. The average molecular weight is 347 g/mol. The minimum atomic E-state index is -0.116. The standard InChI is InChI=1S/C21H25N5/c1-21(2,3)26-20-24-18(17-10-7-12-22-15-17)14-19(25-20)23-13-11-16-8-5-4-6-9-16/h4-10,12,14-15H,11,13H2,1-3H3,(H2,23,24,25,26). The van der Waals surface area contributed by atoms with Gasteiger partial charge in [-0.1, -0.05) is 30.3 Å². The van der Waals surface area contributed by atoms with Gasteiger partial charge in [0.2, 0.25) is 5.95 Å². The summed E-state index contributed by atoms with van der Waals surface area (Å²) >= 11 is 0. The molecule has 3 aromatic rings. The maximum absolute atomic E-state index is 4.65. The Labute approximate surface area is 154 Å². The Morgan fingerprint density at radius 2 is 1.77 bits per heavy atom. The zero-order chi connectivity index (χ0) is 18.4. The van der Waals surface area contributed by atoms with E-state index in [0.29, 0.717) is 5.95 Å². The van der Waals surface area contributed by atoms with Gasteiger partial charge in [-0.3, -0.25) is 4.98 Å². The number of anilines is 2. The summed E-state index contributed by atoms with van der Waals surface area (Å²) in [7, 11) is 0. The molecule has 0 amide bonds. The van der Waals surface area contributed by atoms with Gasteiger partial charge in [-0.25, -0.2) is 4.98 Å².